The van der Waals surface area contributed by atoms with E-state index >= 15 is 0 Å². The van der Waals surface area contributed by atoms with Gasteiger partial charge in [0, 0.05) is 13.6 Å². The molecular weight excluding hydrogens is 256 g/mol. The fourth-order valence-electron chi connectivity index (χ4n) is 1.38. The molecule has 0 aliphatic heterocycles. The maximum absolute atomic E-state index is 12.0. The lowest BCUT2D eigenvalue weighted by molar-refractivity contribution is 0.0799. The molecule has 6 nitrogen and oxygen atoms in total. The summed E-state index contributed by atoms with van der Waals surface area (Å²) in [6.07, 6.45) is 0. The van der Waals surface area contributed by atoms with Crippen LogP contribution in [0.2, 0.25) is 0 Å². The van der Waals surface area contributed by atoms with Gasteiger partial charge in [-0.2, -0.15) is 0 Å². The van der Waals surface area contributed by atoms with Gasteiger partial charge >= 0.3 is 0 Å². The summed E-state index contributed by atoms with van der Waals surface area (Å²) in [5.41, 5.74) is 0.174. The van der Waals surface area contributed by atoms with E-state index in [1.807, 2.05) is 6.92 Å². The predicted molar refractivity (Wildman–Crippen MR) is 67.0 cm³/mol. The highest BCUT2D eigenvalue weighted by Crippen LogP contribution is 2.23. The van der Waals surface area contributed by atoms with Crippen LogP contribution < -0.4 is 9.88 Å². The van der Waals surface area contributed by atoms with E-state index < -0.39 is 10.0 Å². The molecular formula is C11H16N2O4S. The number of benzene rings is 1. The number of methoxy groups -OCH3 is 1. The lowest BCUT2D eigenvalue weighted by Crippen LogP contribution is -2.27. The third kappa shape index (κ3) is 2.99. The van der Waals surface area contributed by atoms with E-state index in [2.05, 4.69) is 0 Å². The third-order valence-electron chi connectivity index (χ3n) is 2.55. The highest BCUT2D eigenvalue weighted by Gasteiger charge is 2.19. The van der Waals surface area contributed by atoms with Gasteiger partial charge in [0.15, 0.2) is 0 Å². The molecule has 1 rings (SSSR count). The van der Waals surface area contributed by atoms with Gasteiger partial charge in [-0.1, -0.05) is 0 Å². The number of carbonyl (C=O) groups is 1. The van der Waals surface area contributed by atoms with Crippen LogP contribution in [0.1, 0.15) is 17.3 Å². The van der Waals surface area contributed by atoms with E-state index in [4.69, 9.17) is 9.88 Å². The van der Waals surface area contributed by atoms with Gasteiger partial charge in [0.2, 0.25) is 10.0 Å². The van der Waals surface area contributed by atoms with E-state index in [1.165, 1.54) is 30.2 Å². The summed E-state index contributed by atoms with van der Waals surface area (Å²) >= 11 is 0. The Balaban J connectivity index is 3.36. The van der Waals surface area contributed by atoms with Crippen molar-refractivity contribution in [2.75, 3.05) is 20.7 Å². The number of rotatable bonds is 4. The lowest BCUT2D eigenvalue weighted by atomic mass is 10.2. The topological polar surface area (TPSA) is 89.7 Å². The van der Waals surface area contributed by atoms with Crippen molar-refractivity contribution in [1.82, 2.24) is 4.90 Å². The lowest BCUT2D eigenvalue weighted by Gasteiger charge is -2.17. The van der Waals surface area contributed by atoms with E-state index in [-0.39, 0.29) is 16.4 Å². The summed E-state index contributed by atoms with van der Waals surface area (Å²) in [6, 6.07) is 3.94. The number of hydrogen-bond acceptors (Lipinski definition) is 4. The number of nitrogens with two attached hydrogens (primary N) is 1. The second-order valence-electron chi connectivity index (χ2n) is 3.73. The van der Waals surface area contributed by atoms with Gasteiger partial charge in [0.25, 0.3) is 5.91 Å². The maximum atomic E-state index is 12.0. The van der Waals surface area contributed by atoms with E-state index in [0.717, 1.165) is 0 Å². The van der Waals surface area contributed by atoms with Crippen molar-refractivity contribution in [1.29, 1.82) is 0 Å². The quantitative estimate of drug-likeness (QED) is 0.861. The van der Waals surface area contributed by atoms with Gasteiger partial charge in [0.05, 0.1) is 17.6 Å². The van der Waals surface area contributed by atoms with Crippen LogP contribution >= 0.6 is 0 Å². The van der Waals surface area contributed by atoms with Crippen LogP contribution in [0.3, 0.4) is 0 Å². The molecule has 2 N–H and O–H groups in total. The number of primary sulfonamides is 1. The Bertz CT molecular complexity index is 554. The van der Waals surface area contributed by atoms with Gasteiger partial charge in [-0.25, -0.2) is 13.6 Å². The van der Waals surface area contributed by atoms with Crippen molar-refractivity contribution in [3.8, 4) is 5.75 Å². The number of nitrogens with zero attached hydrogens (tertiary/aromatic N) is 1. The van der Waals surface area contributed by atoms with Crippen molar-refractivity contribution in [2.24, 2.45) is 5.14 Å². The summed E-state index contributed by atoms with van der Waals surface area (Å²) in [5.74, 6) is -0.00690. The Morgan fingerprint density at radius 1 is 1.44 bits per heavy atom. The van der Waals surface area contributed by atoms with Gasteiger partial charge in [-0.3, -0.25) is 4.79 Å². The molecule has 0 saturated carbocycles. The molecule has 0 aliphatic carbocycles. The summed E-state index contributed by atoms with van der Waals surface area (Å²) in [5, 5.41) is 5.03. The number of hydrogen-bond donors (Lipinski definition) is 1. The van der Waals surface area contributed by atoms with Crippen molar-refractivity contribution in [3.63, 3.8) is 0 Å². The minimum Gasteiger partial charge on any atom is -0.496 e. The van der Waals surface area contributed by atoms with Crippen LogP contribution in [0.5, 0.6) is 5.75 Å². The highest BCUT2D eigenvalue weighted by atomic mass is 32.2. The number of ether oxygens (including phenoxy) is 1. The van der Waals surface area contributed by atoms with Crippen molar-refractivity contribution in [2.45, 2.75) is 11.8 Å². The first-order chi connectivity index (χ1) is 8.31. The normalized spacial score (nSPS) is 11.1. The van der Waals surface area contributed by atoms with Crippen LogP contribution in [0.15, 0.2) is 23.1 Å². The molecule has 0 heterocycles. The molecule has 1 amide bonds. The Kier molecular flexibility index (Phi) is 4.31. The fraction of sp³-hybridized carbons (Fsp3) is 0.364. The average molecular weight is 272 g/mol. The zero-order valence-electron chi connectivity index (χ0n) is 10.5. The minimum atomic E-state index is -3.84. The Morgan fingerprint density at radius 3 is 2.50 bits per heavy atom. The minimum absolute atomic E-state index is 0.115. The molecule has 0 spiro atoms. The zero-order chi connectivity index (χ0) is 13.9. The van der Waals surface area contributed by atoms with Crippen LogP contribution in [0, 0.1) is 0 Å². The first-order valence-electron chi connectivity index (χ1n) is 5.27. The molecule has 18 heavy (non-hydrogen) atoms. The molecule has 0 aliphatic rings. The monoisotopic (exact) mass is 272 g/mol. The molecule has 1 aromatic carbocycles. The first-order valence-corrected chi connectivity index (χ1v) is 6.82. The second kappa shape index (κ2) is 5.36. The number of amides is 1. The highest BCUT2D eigenvalue weighted by molar-refractivity contribution is 7.89. The van der Waals surface area contributed by atoms with E-state index in [0.29, 0.717) is 12.3 Å². The zero-order valence-corrected chi connectivity index (χ0v) is 11.3. The summed E-state index contributed by atoms with van der Waals surface area (Å²) < 4.78 is 27.6. The van der Waals surface area contributed by atoms with Crippen LogP contribution in [0.4, 0.5) is 0 Å². The Labute approximate surface area is 106 Å². The van der Waals surface area contributed by atoms with E-state index in [9.17, 15) is 13.2 Å². The molecule has 1 aromatic rings. The Hall–Kier alpha value is -1.60. The molecule has 0 bridgehead atoms. The van der Waals surface area contributed by atoms with Crippen LogP contribution in [-0.4, -0.2) is 39.9 Å². The van der Waals surface area contributed by atoms with Crippen LogP contribution in [0.25, 0.3) is 0 Å². The molecule has 0 aromatic heterocycles. The summed E-state index contributed by atoms with van der Waals surface area (Å²) in [4.78, 5) is 13.4. The van der Waals surface area contributed by atoms with Crippen molar-refractivity contribution >= 4 is 15.9 Å². The SMILES string of the molecule is CCN(C)C(=O)c1cc(S(N)(=O)=O)ccc1OC. The van der Waals surface area contributed by atoms with Crippen molar-refractivity contribution in [3.05, 3.63) is 23.8 Å². The first kappa shape index (κ1) is 14.5. The maximum Gasteiger partial charge on any atom is 0.257 e. The molecule has 0 radical (unpaired) electrons. The molecule has 0 unspecified atom stereocenters. The van der Waals surface area contributed by atoms with Gasteiger partial charge in [0.1, 0.15) is 5.75 Å². The molecule has 7 heteroatoms. The van der Waals surface area contributed by atoms with Crippen molar-refractivity contribution < 1.29 is 17.9 Å². The summed E-state index contributed by atoms with van der Waals surface area (Å²) in [6.45, 7) is 2.31. The fourth-order valence-corrected chi connectivity index (χ4v) is 1.92. The Morgan fingerprint density at radius 2 is 2.06 bits per heavy atom. The van der Waals surface area contributed by atoms with Gasteiger partial charge in [-0.15, -0.1) is 0 Å². The molecule has 0 saturated heterocycles. The number of sulfonamides is 1. The third-order valence-corrected chi connectivity index (χ3v) is 3.46. The average Bonchev–Trinajstić information content (AvgIpc) is 2.35. The molecule has 0 atom stereocenters. The van der Waals surface area contributed by atoms with Gasteiger partial charge in [-0.05, 0) is 25.1 Å². The second-order valence-corrected chi connectivity index (χ2v) is 5.29. The number of carbonyl (C=O) groups excluding carboxylic acids is 1. The van der Waals surface area contributed by atoms with Gasteiger partial charge < -0.3 is 9.64 Å². The predicted octanol–water partition coefficient (Wildman–Crippen LogP) is 0.434. The standard InChI is InChI=1S/C11H16N2O4S/c1-4-13(2)11(14)9-7-8(18(12,15)16)5-6-10(9)17-3/h5-7H,4H2,1-3H3,(H2,12,15,16). The molecule has 100 valence electrons. The molecule has 0 fully saturated rings. The van der Waals surface area contributed by atoms with Crippen LogP contribution in [-0.2, 0) is 10.0 Å². The smallest absolute Gasteiger partial charge is 0.257 e. The summed E-state index contributed by atoms with van der Waals surface area (Å²) in [7, 11) is -0.815. The van der Waals surface area contributed by atoms with E-state index in [1.54, 1.807) is 7.05 Å². The largest absolute Gasteiger partial charge is 0.496 e.